The number of rotatable bonds is 15. The van der Waals surface area contributed by atoms with E-state index in [1.807, 2.05) is 51.4 Å². The molecule has 0 amide bonds. The molecule has 0 aliphatic rings. The predicted octanol–water partition coefficient (Wildman–Crippen LogP) is 4.80. The molecule has 0 aromatic carbocycles. The van der Waals surface area contributed by atoms with Gasteiger partial charge in [-0.05, 0) is 50.6 Å². The third kappa shape index (κ3) is 13.2. The molecular weight excluding hydrogens is 420 g/mol. The summed E-state index contributed by atoms with van der Waals surface area (Å²) in [5, 5.41) is 7.43. The standard InChI is InChI=1S/C11H19NO2S.C11H17NO2S/c2*1-3-13-11(14-4-2)9-12-8-10-6-5-7-15-10/h5-7,11-12H,3-4,8-9H2,1-2H3;5-8,11H,3-4,9H2,1-2H3. The minimum Gasteiger partial charge on any atom is -0.352 e. The molecular formula is C22H36N2O4S2. The molecule has 2 aromatic rings. The van der Waals surface area contributed by atoms with Crippen LogP contribution in [0.5, 0.6) is 0 Å². The minimum absolute atomic E-state index is 0.125. The van der Waals surface area contributed by atoms with E-state index in [4.69, 9.17) is 18.9 Å². The summed E-state index contributed by atoms with van der Waals surface area (Å²) in [6, 6.07) is 8.22. The predicted molar refractivity (Wildman–Crippen MR) is 127 cm³/mol. The third-order valence-corrected chi connectivity index (χ3v) is 5.30. The van der Waals surface area contributed by atoms with Crippen LogP contribution in [0, 0.1) is 0 Å². The van der Waals surface area contributed by atoms with Gasteiger partial charge in [-0.2, -0.15) is 0 Å². The van der Waals surface area contributed by atoms with Gasteiger partial charge in [-0.25, -0.2) is 0 Å². The first kappa shape index (κ1) is 26.9. The van der Waals surface area contributed by atoms with Gasteiger partial charge in [0, 0.05) is 55.5 Å². The van der Waals surface area contributed by atoms with E-state index >= 15 is 0 Å². The van der Waals surface area contributed by atoms with Gasteiger partial charge in [0.05, 0.1) is 6.54 Å². The van der Waals surface area contributed by atoms with Crippen LogP contribution in [0.3, 0.4) is 0 Å². The first-order valence-electron chi connectivity index (χ1n) is 10.5. The maximum atomic E-state index is 5.42. The molecule has 0 radical (unpaired) electrons. The highest BCUT2D eigenvalue weighted by Gasteiger charge is 2.07. The summed E-state index contributed by atoms with van der Waals surface area (Å²) in [5.41, 5.74) is 0. The second-order valence-corrected chi connectivity index (χ2v) is 7.91. The van der Waals surface area contributed by atoms with Crippen LogP contribution in [0.15, 0.2) is 40.0 Å². The molecule has 30 heavy (non-hydrogen) atoms. The van der Waals surface area contributed by atoms with Crippen LogP contribution in [0.2, 0.25) is 0 Å². The van der Waals surface area contributed by atoms with E-state index in [0.717, 1.165) is 18.0 Å². The summed E-state index contributed by atoms with van der Waals surface area (Å²) < 4.78 is 21.6. The molecule has 0 unspecified atom stereocenters. The number of aliphatic imine (C=N–C) groups is 1. The van der Waals surface area contributed by atoms with E-state index in [9.17, 15) is 0 Å². The molecule has 0 aliphatic carbocycles. The van der Waals surface area contributed by atoms with Crippen molar-refractivity contribution in [1.82, 2.24) is 5.32 Å². The molecule has 0 spiro atoms. The second kappa shape index (κ2) is 18.6. The fraction of sp³-hybridized carbons (Fsp3) is 0.591. The van der Waals surface area contributed by atoms with Gasteiger partial charge in [-0.15, -0.1) is 22.7 Å². The molecule has 0 saturated carbocycles. The zero-order chi connectivity index (χ0) is 21.9. The lowest BCUT2D eigenvalue weighted by Gasteiger charge is -2.17. The molecule has 2 heterocycles. The van der Waals surface area contributed by atoms with Gasteiger partial charge in [-0.1, -0.05) is 12.1 Å². The number of ether oxygens (including phenoxy) is 4. The van der Waals surface area contributed by atoms with Crippen molar-refractivity contribution in [2.24, 2.45) is 4.99 Å². The Morgan fingerprint density at radius 2 is 1.47 bits per heavy atom. The summed E-state index contributed by atoms with van der Waals surface area (Å²) in [5.74, 6) is 0. The van der Waals surface area contributed by atoms with Gasteiger partial charge in [0.25, 0.3) is 0 Å². The lowest BCUT2D eigenvalue weighted by molar-refractivity contribution is -0.133. The molecule has 6 nitrogen and oxygen atoms in total. The lowest BCUT2D eigenvalue weighted by Crippen LogP contribution is -2.31. The Kier molecular flexibility index (Phi) is 16.7. The van der Waals surface area contributed by atoms with E-state index in [1.54, 1.807) is 22.7 Å². The number of hydrogen-bond acceptors (Lipinski definition) is 8. The fourth-order valence-corrected chi connectivity index (χ4v) is 3.66. The maximum absolute atomic E-state index is 5.42. The summed E-state index contributed by atoms with van der Waals surface area (Å²) >= 11 is 3.43. The van der Waals surface area contributed by atoms with Crippen LogP contribution >= 0.6 is 22.7 Å². The molecule has 2 aromatic heterocycles. The van der Waals surface area contributed by atoms with Crippen molar-refractivity contribution in [3.05, 3.63) is 44.8 Å². The first-order valence-corrected chi connectivity index (χ1v) is 12.2. The maximum Gasteiger partial charge on any atom is 0.176 e. The Morgan fingerprint density at radius 1 is 0.867 bits per heavy atom. The Hall–Kier alpha value is -1.13. The van der Waals surface area contributed by atoms with Crippen molar-refractivity contribution in [2.75, 3.05) is 39.5 Å². The van der Waals surface area contributed by atoms with Gasteiger partial charge in [0.1, 0.15) is 0 Å². The summed E-state index contributed by atoms with van der Waals surface area (Å²) in [7, 11) is 0. The number of nitrogens with one attached hydrogen (secondary N) is 1. The number of hydrogen-bond donors (Lipinski definition) is 1. The molecule has 0 atom stereocenters. The summed E-state index contributed by atoms with van der Waals surface area (Å²) in [6.45, 7) is 12.7. The molecule has 0 saturated heterocycles. The van der Waals surface area contributed by atoms with Gasteiger partial charge >= 0.3 is 0 Å². The molecule has 1 N–H and O–H groups in total. The Balaban J connectivity index is 0.000000300. The van der Waals surface area contributed by atoms with E-state index in [1.165, 1.54) is 4.88 Å². The first-order chi connectivity index (χ1) is 14.7. The van der Waals surface area contributed by atoms with E-state index in [2.05, 4.69) is 27.8 Å². The average Bonchev–Trinajstić information content (AvgIpc) is 3.43. The Labute approximate surface area is 189 Å². The minimum atomic E-state index is -0.212. The number of nitrogens with zero attached hydrogens (tertiary/aromatic N) is 1. The lowest BCUT2D eigenvalue weighted by atomic mass is 10.4. The second-order valence-electron chi connectivity index (χ2n) is 5.90. The van der Waals surface area contributed by atoms with Crippen LogP contribution in [0.1, 0.15) is 37.4 Å². The van der Waals surface area contributed by atoms with Crippen LogP contribution in [0.4, 0.5) is 0 Å². The summed E-state index contributed by atoms with van der Waals surface area (Å²) in [6.07, 6.45) is 1.52. The molecule has 2 rings (SSSR count). The van der Waals surface area contributed by atoms with E-state index in [-0.39, 0.29) is 12.6 Å². The normalized spacial score (nSPS) is 11.4. The van der Waals surface area contributed by atoms with Gasteiger partial charge in [0.2, 0.25) is 0 Å². The van der Waals surface area contributed by atoms with Crippen LogP contribution in [-0.4, -0.2) is 58.3 Å². The Morgan fingerprint density at radius 3 is 2.00 bits per heavy atom. The molecule has 0 aliphatic heterocycles. The monoisotopic (exact) mass is 456 g/mol. The van der Waals surface area contributed by atoms with Crippen molar-refractivity contribution in [3.63, 3.8) is 0 Å². The van der Waals surface area contributed by atoms with Gasteiger partial charge in [0.15, 0.2) is 12.6 Å². The van der Waals surface area contributed by atoms with Crippen LogP contribution in [-0.2, 0) is 25.5 Å². The van der Waals surface area contributed by atoms with Crippen molar-refractivity contribution in [1.29, 1.82) is 0 Å². The largest absolute Gasteiger partial charge is 0.352 e. The molecule has 0 fully saturated rings. The SMILES string of the molecule is CCOC(CN=Cc1cccs1)OCC.CCOC(CNCc1cccs1)OCC. The number of thiophene rings is 2. The highest BCUT2D eigenvalue weighted by molar-refractivity contribution is 7.11. The summed E-state index contributed by atoms with van der Waals surface area (Å²) in [4.78, 5) is 6.78. The van der Waals surface area contributed by atoms with Gasteiger partial charge in [-0.3, -0.25) is 4.99 Å². The van der Waals surface area contributed by atoms with Crippen LogP contribution < -0.4 is 5.32 Å². The molecule has 170 valence electrons. The van der Waals surface area contributed by atoms with E-state index < -0.39 is 0 Å². The van der Waals surface area contributed by atoms with E-state index in [0.29, 0.717) is 33.0 Å². The highest BCUT2D eigenvalue weighted by Crippen LogP contribution is 2.07. The van der Waals surface area contributed by atoms with Gasteiger partial charge < -0.3 is 24.3 Å². The molecule has 0 bridgehead atoms. The Bertz CT molecular complexity index is 609. The molecule has 8 heteroatoms. The van der Waals surface area contributed by atoms with Crippen molar-refractivity contribution < 1.29 is 18.9 Å². The zero-order valence-electron chi connectivity index (χ0n) is 18.5. The van der Waals surface area contributed by atoms with Crippen molar-refractivity contribution >= 4 is 28.9 Å². The fourth-order valence-electron chi connectivity index (χ4n) is 2.38. The third-order valence-electron chi connectivity index (χ3n) is 3.62. The zero-order valence-corrected chi connectivity index (χ0v) is 20.2. The van der Waals surface area contributed by atoms with Crippen molar-refractivity contribution in [2.45, 2.75) is 46.8 Å². The quantitative estimate of drug-likeness (QED) is 0.308. The topological polar surface area (TPSA) is 61.3 Å². The highest BCUT2D eigenvalue weighted by atomic mass is 32.1. The average molecular weight is 457 g/mol. The smallest absolute Gasteiger partial charge is 0.176 e. The van der Waals surface area contributed by atoms with Crippen LogP contribution in [0.25, 0.3) is 0 Å². The van der Waals surface area contributed by atoms with Crippen molar-refractivity contribution in [3.8, 4) is 0 Å².